The Morgan fingerprint density at radius 2 is 1.86 bits per heavy atom. The maximum Gasteiger partial charge on any atom is 0.120 e. The van der Waals surface area contributed by atoms with Crippen LogP contribution in [-0.4, -0.2) is 29.0 Å². The molecule has 3 rings (SSSR count). The summed E-state index contributed by atoms with van der Waals surface area (Å²) in [5.41, 5.74) is 2.25. The van der Waals surface area contributed by atoms with Gasteiger partial charge in [-0.2, -0.15) is 0 Å². The van der Waals surface area contributed by atoms with Gasteiger partial charge in [0, 0.05) is 36.5 Å². The molecule has 0 spiro atoms. The molecule has 22 heavy (non-hydrogen) atoms. The van der Waals surface area contributed by atoms with Gasteiger partial charge < -0.3 is 5.11 Å². The third kappa shape index (κ3) is 3.40. The minimum absolute atomic E-state index is 0.249. The van der Waals surface area contributed by atoms with Gasteiger partial charge in [-0.25, -0.2) is 0 Å². The van der Waals surface area contributed by atoms with Crippen molar-refractivity contribution in [2.75, 3.05) is 19.0 Å². The van der Waals surface area contributed by atoms with Gasteiger partial charge in [-0.05, 0) is 29.2 Å². The van der Waals surface area contributed by atoms with Crippen molar-refractivity contribution < 1.29 is 5.11 Å². The number of benzene rings is 2. The van der Waals surface area contributed by atoms with Crippen LogP contribution in [0.15, 0.2) is 48.5 Å². The molecule has 4 heteroatoms. The van der Waals surface area contributed by atoms with E-state index in [0.717, 1.165) is 25.2 Å². The molecule has 1 fully saturated rings. The fourth-order valence-electron chi connectivity index (χ4n) is 3.27. The number of alkyl halides is 1. The largest absolute Gasteiger partial charge is 0.508 e. The van der Waals surface area contributed by atoms with E-state index in [4.69, 9.17) is 23.2 Å². The molecule has 1 aliphatic heterocycles. The summed E-state index contributed by atoms with van der Waals surface area (Å²) >= 11 is 12.1. The molecule has 2 aromatic rings. The van der Waals surface area contributed by atoms with E-state index in [9.17, 15) is 5.11 Å². The van der Waals surface area contributed by atoms with Gasteiger partial charge in [-0.15, -0.1) is 11.6 Å². The Morgan fingerprint density at radius 1 is 1.09 bits per heavy atom. The summed E-state index contributed by atoms with van der Waals surface area (Å²) in [6.07, 6.45) is 0. The smallest absolute Gasteiger partial charge is 0.120 e. The highest BCUT2D eigenvalue weighted by Crippen LogP contribution is 2.39. The highest BCUT2D eigenvalue weighted by atomic mass is 35.5. The zero-order chi connectivity index (χ0) is 15.5. The van der Waals surface area contributed by atoms with E-state index in [-0.39, 0.29) is 11.7 Å². The minimum atomic E-state index is 0.249. The maximum atomic E-state index is 10.2. The van der Waals surface area contributed by atoms with Crippen LogP contribution in [0.1, 0.15) is 17.0 Å². The van der Waals surface area contributed by atoms with Crippen LogP contribution < -0.4 is 0 Å². The van der Waals surface area contributed by atoms with Gasteiger partial charge in [0.1, 0.15) is 5.75 Å². The summed E-state index contributed by atoms with van der Waals surface area (Å²) in [6, 6.07) is 15.8. The van der Waals surface area contributed by atoms with E-state index in [1.165, 1.54) is 5.56 Å². The van der Waals surface area contributed by atoms with E-state index in [1.807, 2.05) is 18.2 Å². The van der Waals surface area contributed by atoms with Crippen LogP contribution >= 0.6 is 23.2 Å². The van der Waals surface area contributed by atoms with E-state index < -0.39 is 0 Å². The third-order valence-electron chi connectivity index (χ3n) is 4.36. The number of rotatable bonds is 4. The highest BCUT2D eigenvalue weighted by Gasteiger charge is 2.34. The van der Waals surface area contributed by atoms with Gasteiger partial charge in [0.25, 0.3) is 0 Å². The average Bonchev–Trinajstić information content (AvgIpc) is 2.91. The maximum absolute atomic E-state index is 10.2. The Balaban J connectivity index is 1.77. The van der Waals surface area contributed by atoms with Crippen molar-refractivity contribution in [3.63, 3.8) is 0 Å². The molecule has 1 N–H and O–H groups in total. The molecule has 1 heterocycles. The van der Waals surface area contributed by atoms with Crippen LogP contribution in [0.2, 0.25) is 5.02 Å². The van der Waals surface area contributed by atoms with Crippen LogP contribution in [0.3, 0.4) is 0 Å². The Hall–Kier alpha value is -1.22. The van der Waals surface area contributed by atoms with Crippen LogP contribution in [0.25, 0.3) is 0 Å². The van der Waals surface area contributed by atoms with Crippen molar-refractivity contribution in [2.45, 2.75) is 12.5 Å². The van der Waals surface area contributed by atoms with Crippen molar-refractivity contribution in [3.8, 4) is 5.75 Å². The molecule has 0 unspecified atom stereocenters. The van der Waals surface area contributed by atoms with Gasteiger partial charge in [-0.1, -0.05) is 48.0 Å². The zero-order valence-electron chi connectivity index (χ0n) is 12.3. The lowest BCUT2D eigenvalue weighted by Crippen LogP contribution is -2.20. The number of hydrogen-bond donors (Lipinski definition) is 1. The molecule has 0 bridgehead atoms. The molecule has 1 saturated heterocycles. The number of phenolic OH excluding ortho intramolecular Hbond substituents is 1. The molecule has 0 amide bonds. The van der Waals surface area contributed by atoms with Crippen LogP contribution in [0, 0.1) is 5.92 Å². The van der Waals surface area contributed by atoms with Crippen molar-refractivity contribution in [1.82, 2.24) is 4.90 Å². The molecule has 2 nitrogen and oxygen atoms in total. The second-order valence-corrected chi connectivity index (χ2v) is 6.65. The predicted octanol–water partition coefficient (Wildman–Crippen LogP) is 4.50. The molecule has 0 radical (unpaired) electrons. The number of halogens is 2. The number of hydrogen-bond acceptors (Lipinski definition) is 2. The van der Waals surface area contributed by atoms with Crippen molar-refractivity contribution in [1.29, 1.82) is 0 Å². The molecule has 2 aromatic carbocycles. The standard InChI is InChI=1S/C18H19Cl2NO/c19-9-14-11-21(10-13-4-2-1-3-5-13)12-17(14)16-7-6-15(20)8-18(16)22/h1-8,14,17,22H,9-12H2/t14-,17-/m0/s1. The number of phenols is 1. The minimum Gasteiger partial charge on any atom is -0.508 e. The van der Waals surface area contributed by atoms with Crippen LogP contribution in [0.5, 0.6) is 5.75 Å². The first-order chi connectivity index (χ1) is 10.7. The lowest BCUT2D eigenvalue weighted by Gasteiger charge is -2.18. The summed E-state index contributed by atoms with van der Waals surface area (Å²) in [5.74, 6) is 1.46. The zero-order valence-corrected chi connectivity index (χ0v) is 13.8. The van der Waals surface area contributed by atoms with E-state index in [1.54, 1.807) is 6.07 Å². The lowest BCUT2D eigenvalue weighted by atomic mass is 9.89. The second kappa shape index (κ2) is 6.91. The third-order valence-corrected chi connectivity index (χ3v) is 4.99. The van der Waals surface area contributed by atoms with Crippen molar-refractivity contribution >= 4 is 23.2 Å². The molecule has 2 atom stereocenters. The Morgan fingerprint density at radius 3 is 2.55 bits per heavy atom. The number of likely N-dealkylation sites (tertiary alicyclic amines) is 1. The Kier molecular flexibility index (Phi) is 4.92. The lowest BCUT2D eigenvalue weighted by molar-refractivity contribution is 0.319. The first-order valence-electron chi connectivity index (χ1n) is 7.48. The number of aromatic hydroxyl groups is 1. The van der Waals surface area contributed by atoms with Crippen molar-refractivity contribution in [3.05, 3.63) is 64.7 Å². The monoisotopic (exact) mass is 335 g/mol. The van der Waals surface area contributed by atoms with Gasteiger partial charge in [0.2, 0.25) is 0 Å². The van der Waals surface area contributed by atoms with Gasteiger partial charge in [0.15, 0.2) is 0 Å². The Labute approximate surface area is 141 Å². The van der Waals surface area contributed by atoms with Crippen LogP contribution in [0.4, 0.5) is 0 Å². The average molecular weight is 336 g/mol. The summed E-state index contributed by atoms with van der Waals surface area (Å²) in [4.78, 5) is 2.40. The molecule has 1 aliphatic rings. The van der Waals surface area contributed by atoms with Gasteiger partial charge in [0.05, 0.1) is 0 Å². The number of nitrogens with zero attached hydrogens (tertiary/aromatic N) is 1. The Bertz CT molecular complexity index is 632. The molecule has 0 saturated carbocycles. The molecular formula is C18H19Cl2NO. The first kappa shape index (κ1) is 15.7. The van der Waals surface area contributed by atoms with E-state index >= 15 is 0 Å². The highest BCUT2D eigenvalue weighted by molar-refractivity contribution is 6.30. The van der Waals surface area contributed by atoms with E-state index in [2.05, 4.69) is 29.2 Å². The molecule has 116 valence electrons. The fraction of sp³-hybridized carbons (Fsp3) is 0.333. The normalized spacial score (nSPS) is 22.1. The molecule has 0 aromatic heterocycles. The second-order valence-electron chi connectivity index (χ2n) is 5.90. The molecule has 0 aliphatic carbocycles. The summed E-state index contributed by atoms with van der Waals surface area (Å²) in [7, 11) is 0. The topological polar surface area (TPSA) is 23.5 Å². The van der Waals surface area contributed by atoms with E-state index in [0.29, 0.717) is 16.8 Å². The molecular weight excluding hydrogens is 317 g/mol. The van der Waals surface area contributed by atoms with Crippen molar-refractivity contribution in [2.24, 2.45) is 5.92 Å². The van der Waals surface area contributed by atoms with Gasteiger partial charge >= 0.3 is 0 Å². The predicted molar refractivity (Wildman–Crippen MR) is 91.8 cm³/mol. The SMILES string of the molecule is Oc1cc(Cl)ccc1[C@H]1CN(Cc2ccccc2)C[C@@H]1CCl. The van der Waals surface area contributed by atoms with Gasteiger partial charge in [-0.3, -0.25) is 4.90 Å². The fourth-order valence-corrected chi connectivity index (χ4v) is 3.75. The van der Waals surface area contributed by atoms with Crippen LogP contribution in [-0.2, 0) is 6.54 Å². The first-order valence-corrected chi connectivity index (χ1v) is 8.39. The summed E-state index contributed by atoms with van der Waals surface area (Å²) in [6.45, 7) is 2.77. The summed E-state index contributed by atoms with van der Waals surface area (Å²) in [5, 5.41) is 10.8. The quantitative estimate of drug-likeness (QED) is 0.831. The summed E-state index contributed by atoms with van der Waals surface area (Å²) < 4.78 is 0.